The third-order valence-electron chi connectivity index (χ3n) is 10.5. The molecule has 0 saturated carbocycles. The van der Waals surface area contributed by atoms with Gasteiger partial charge in [0.25, 0.3) is 15.7 Å². The van der Waals surface area contributed by atoms with E-state index >= 15 is 0 Å². The molecule has 0 amide bonds. The Labute approximate surface area is 359 Å². The SMILES string of the molecule is CN(CCO)CCC(CSc1ccccc1)Nc1ccc(S(=O)(=O)Nc2ncnc3cc(N4CCN(Cc5ccccc5-c5ccc(Cl)cc5)CC4)ccc23)cc1[N+](=O)[O-]. The van der Waals surface area contributed by atoms with Crippen molar-refractivity contribution in [2.45, 2.75) is 28.8 Å². The minimum absolute atomic E-state index is 0.0244. The van der Waals surface area contributed by atoms with Gasteiger partial charge < -0.3 is 20.2 Å². The molecule has 1 unspecified atom stereocenters. The number of likely N-dealkylation sites (N-methyl/N-ethyl adjacent to an activating group) is 1. The van der Waals surface area contributed by atoms with Crippen LogP contribution in [0.3, 0.4) is 0 Å². The number of hydrogen-bond donors (Lipinski definition) is 3. The highest BCUT2D eigenvalue weighted by atomic mass is 35.5. The van der Waals surface area contributed by atoms with E-state index < -0.39 is 14.9 Å². The highest BCUT2D eigenvalue weighted by molar-refractivity contribution is 7.99. The first-order chi connectivity index (χ1) is 29.1. The van der Waals surface area contributed by atoms with Crippen LogP contribution >= 0.6 is 23.4 Å². The van der Waals surface area contributed by atoms with E-state index in [1.807, 2.05) is 78.7 Å². The molecule has 16 heteroatoms. The Balaban J connectivity index is 1.02. The molecule has 6 aromatic rings. The van der Waals surface area contributed by atoms with Gasteiger partial charge in [0.1, 0.15) is 12.0 Å². The van der Waals surface area contributed by atoms with Crippen LogP contribution in [-0.4, -0.2) is 103 Å². The molecule has 0 bridgehead atoms. The average Bonchev–Trinajstić information content (AvgIpc) is 3.25. The molecule has 0 spiro atoms. The highest BCUT2D eigenvalue weighted by Gasteiger charge is 2.25. The molecule has 1 atom stereocenters. The van der Waals surface area contributed by atoms with Crippen LogP contribution in [-0.2, 0) is 16.6 Å². The van der Waals surface area contributed by atoms with Crippen molar-refractivity contribution in [2.75, 3.05) is 73.6 Å². The maximum Gasteiger partial charge on any atom is 0.293 e. The quantitative estimate of drug-likeness (QED) is 0.0437. The second-order valence-corrected chi connectivity index (χ2v) is 17.9. The highest BCUT2D eigenvalue weighted by Crippen LogP contribution is 2.33. The summed E-state index contributed by atoms with van der Waals surface area (Å²) in [6.45, 7) is 5.31. The van der Waals surface area contributed by atoms with Gasteiger partial charge in [-0.2, -0.15) is 0 Å². The van der Waals surface area contributed by atoms with Crippen molar-refractivity contribution >= 4 is 67.2 Å². The lowest BCUT2D eigenvalue weighted by Crippen LogP contribution is -2.46. The largest absolute Gasteiger partial charge is 0.395 e. The summed E-state index contributed by atoms with van der Waals surface area (Å²) in [4.78, 5) is 28.0. The summed E-state index contributed by atoms with van der Waals surface area (Å²) in [5.41, 5.74) is 4.96. The van der Waals surface area contributed by atoms with Crippen molar-refractivity contribution in [1.82, 2.24) is 19.8 Å². The number of nitro benzene ring substituents is 1. The van der Waals surface area contributed by atoms with Crippen LogP contribution < -0.4 is 14.9 Å². The maximum absolute atomic E-state index is 13.8. The van der Waals surface area contributed by atoms with Gasteiger partial charge in [-0.25, -0.2) is 18.4 Å². The first-order valence-corrected chi connectivity index (χ1v) is 22.5. The standard InChI is InChI=1S/C44H47ClN8O5S2/c1-50(25-26-54)20-19-35(30-59-37-8-3-2-4-9-37)48-41-18-16-38(28-43(41)53(55)56)60(57,58)49-44-40-17-15-36(27-42(40)46-31-47-44)52-23-21-51(22-24-52)29-33-7-5-6-10-39(33)32-11-13-34(45)14-12-32/h2-18,27-28,31,35,48,54H,19-26,29-30H2,1H3,(H,46,47,49). The first-order valence-electron chi connectivity index (χ1n) is 19.7. The first kappa shape index (κ1) is 42.8. The number of piperazine rings is 1. The Morgan fingerprint density at radius 2 is 1.67 bits per heavy atom. The van der Waals surface area contributed by atoms with Gasteiger partial charge in [0.2, 0.25) is 0 Å². The Morgan fingerprint density at radius 3 is 2.42 bits per heavy atom. The minimum atomic E-state index is -4.29. The predicted molar refractivity (Wildman–Crippen MR) is 242 cm³/mol. The van der Waals surface area contributed by atoms with E-state index in [-0.39, 0.29) is 34.7 Å². The van der Waals surface area contributed by atoms with Crippen molar-refractivity contribution in [3.8, 4) is 11.1 Å². The summed E-state index contributed by atoms with van der Waals surface area (Å²) in [5.74, 6) is 0.681. The molecule has 7 rings (SSSR count). The van der Waals surface area contributed by atoms with E-state index in [0.717, 1.165) is 54.9 Å². The maximum atomic E-state index is 13.8. The van der Waals surface area contributed by atoms with E-state index in [0.29, 0.717) is 41.2 Å². The number of halogens is 1. The number of fused-ring (bicyclic) bond motifs is 1. The second-order valence-electron chi connectivity index (χ2n) is 14.7. The molecule has 60 heavy (non-hydrogen) atoms. The molecule has 1 fully saturated rings. The van der Waals surface area contributed by atoms with Gasteiger partial charge in [0.15, 0.2) is 5.82 Å². The normalized spacial score (nSPS) is 14.0. The third-order valence-corrected chi connectivity index (χ3v) is 13.3. The molecule has 1 saturated heterocycles. The number of aliphatic hydroxyl groups excluding tert-OH is 1. The van der Waals surface area contributed by atoms with E-state index in [1.165, 1.54) is 29.6 Å². The molecular formula is C44H47ClN8O5S2. The zero-order valence-electron chi connectivity index (χ0n) is 33.2. The van der Waals surface area contributed by atoms with Crippen LogP contribution in [0.2, 0.25) is 5.02 Å². The molecule has 13 nitrogen and oxygen atoms in total. The van der Waals surface area contributed by atoms with Crippen LogP contribution in [0, 0.1) is 10.1 Å². The molecule has 0 radical (unpaired) electrons. The van der Waals surface area contributed by atoms with Gasteiger partial charge in [-0.1, -0.05) is 66.2 Å². The lowest BCUT2D eigenvalue weighted by atomic mass is 9.99. The van der Waals surface area contributed by atoms with Crippen LogP contribution in [0.4, 0.5) is 22.9 Å². The number of aliphatic hydroxyl groups is 1. The number of nitrogens with one attached hydrogen (secondary N) is 2. The zero-order chi connectivity index (χ0) is 42.1. The average molecular weight is 867 g/mol. The van der Waals surface area contributed by atoms with Crippen molar-refractivity contribution in [3.05, 3.63) is 142 Å². The van der Waals surface area contributed by atoms with Crippen LogP contribution in [0.25, 0.3) is 22.0 Å². The molecule has 2 heterocycles. The van der Waals surface area contributed by atoms with E-state index in [9.17, 15) is 23.6 Å². The van der Waals surface area contributed by atoms with Crippen LogP contribution in [0.5, 0.6) is 0 Å². The molecule has 1 aliphatic heterocycles. The summed E-state index contributed by atoms with van der Waals surface area (Å²) in [7, 11) is -2.39. The number of sulfonamides is 1. The molecule has 3 N–H and O–H groups in total. The molecule has 1 aromatic heterocycles. The number of nitro groups is 1. The summed E-state index contributed by atoms with van der Waals surface area (Å²) >= 11 is 7.76. The minimum Gasteiger partial charge on any atom is -0.395 e. The molecule has 5 aromatic carbocycles. The summed E-state index contributed by atoms with van der Waals surface area (Å²) in [6, 6.07) is 35.6. The van der Waals surface area contributed by atoms with Gasteiger partial charge in [0.05, 0.1) is 21.9 Å². The number of hydrogen-bond acceptors (Lipinski definition) is 12. The predicted octanol–water partition coefficient (Wildman–Crippen LogP) is 7.87. The smallest absolute Gasteiger partial charge is 0.293 e. The topological polar surface area (TPSA) is 157 Å². The molecule has 1 aliphatic rings. The number of nitrogens with zero attached hydrogens (tertiary/aromatic N) is 6. The van der Waals surface area contributed by atoms with Gasteiger partial charge in [-0.05, 0) is 91.3 Å². The number of aromatic nitrogens is 2. The monoisotopic (exact) mass is 866 g/mol. The fourth-order valence-electron chi connectivity index (χ4n) is 7.23. The Bertz CT molecular complexity index is 2510. The van der Waals surface area contributed by atoms with Crippen molar-refractivity contribution in [1.29, 1.82) is 0 Å². The summed E-state index contributed by atoms with van der Waals surface area (Å²) in [6.07, 6.45) is 1.94. The summed E-state index contributed by atoms with van der Waals surface area (Å²) in [5, 5.41) is 26.2. The lowest BCUT2D eigenvalue weighted by molar-refractivity contribution is -0.384. The number of anilines is 3. The second kappa shape index (κ2) is 19.8. The molecule has 312 valence electrons. The number of thioether (sulfide) groups is 1. The van der Waals surface area contributed by atoms with Gasteiger partial charge >= 0.3 is 0 Å². The zero-order valence-corrected chi connectivity index (χ0v) is 35.5. The van der Waals surface area contributed by atoms with Crippen molar-refractivity contribution in [3.63, 3.8) is 0 Å². The van der Waals surface area contributed by atoms with E-state index in [1.54, 1.807) is 17.8 Å². The van der Waals surface area contributed by atoms with Gasteiger partial charge in [0, 0.05) is 78.1 Å². The van der Waals surface area contributed by atoms with Crippen LogP contribution in [0.15, 0.2) is 131 Å². The van der Waals surface area contributed by atoms with E-state index in [4.69, 9.17) is 11.6 Å². The molecule has 0 aliphatic carbocycles. The molecular weight excluding hydrogens is 820 g/mol. The van der Waals surface area contributed by atoms with Crippen molar-refractivity contribution in [2.24, 2.45) is 0 Å². The van der Waals surface area contributed by atoms with Gasteiger partial charge in [-0.15, -0.1) is 11.8 Å². The summed E-state index contributed by atoms with van der Waals surface area (Å²) < 4.78 is 30.1. The Hall–Kier alpha value is -5.29. The Kier molecular flexibility index (Phi) is 14.2. The van der Waals surface area contributed by atoms with E-state index in [2.05, 4.69) is 54.1 Å². The lowest BCUT2D eigenvalue weighted by Gasteiger charge is -2.36. The van der Waals surface area contributed by atoms with Crippen molar-refractivity contribution < 1.29 is 18.4 Å². The van der Waals surface area contributed by atoms with Crippen LogP contribution in [0.1, 0.15) is 12.0 Å². The number of benzene rings is 5. The fourth-order valence-corrected chi connectivity index (χ4v) is 9.39. The third kappa shape index (κ3) is 10.9. The number of rotatable bonds is 18. The fraction of sp³-hybridized carbons (Fsp3) is 0.273. The Morgan fingerprint density at radius 1 is 0.917 bits per heavy atom. The van der Waals surface area contributed by atoms with Gasteiger partial charge in [-0.3, -0.25) is 19.7 Å².